The van der Waals surface area contributed by atoms with Crippen LogP contribution in [0.4, 0.5) is 0 Å². The van der Waals surface area contributed by atoms with Gasteiger partial charge in [-0.1, -0.05) is 32.9 Å². The lowest BCUT2D eigenvalue weighted by Gasteiger charge is -2.23. The lowest BCUT2D eigenvalue weighted by atomic mass is 9.87. The highest BCUT2D eigenvalue weighted by molar-refractivity contribution is 6.10. The van der Waals surface area contributed by atoms with Gasteiger partial charge in [0.05, 0.1) is 26.7 Å². The highest BCUT2D eigenvalue weighted by atomic mass is 16.5. The highest BCUT2D eigenvalue weighted by Crippen LogP contribution is 2.34. The maximum atomic E-state index is 12.7. The van der Waals surface area contributed by atoms with Gasteiger partial charge < -0.3 is 9.47 Å². The third-order valence-corrected chi connectivity index (χ3v) is 4.96. The average molecular weight is 409 g/mol. The van der Waals surface area contributed by atoms with Gasteiger partial charge in [-0.25, -0.2) is 4.99 Å². The van der Waals surface area contributed by atoms with E-state index in [1.807, 2.05) is 12.1 Å². The van der Waals surface area contributed by atoms with Gasteiger partial charge >= 0.3 is 0 Å². The first-order chi connectivity index (χ1) is 14.2. The molecule has 2 N–H and O–H groups in total. The molecule has 1 heterocycles. The summed E-state index contributed by atoms with van der Waals surface area (Å²) in [7, 11) is 3.13. The monoisotopic (exact) mass is 409 g/mol. The van der Waals surface area contributed by atoms with Crippen LogP contribution in [0.5, 0.6) is 11.5 Å². The van der Waals surface area contributed by atoms with Gasteiger partial charge in [0.25, 0.3) is 5.91 Å². The number of carbonyl (C=O) groups is 2. The van der Waals surface area contributed by atoms with Crippen LogP contribution in [0, 0.1) is 0 Å². The van der Waals surface area contributed by atoms with Crippen LogP contribution in [0.1, 0.15) is 54.7 Å². The summed E-state index contributed by atoms with van der Waals surface area (Å²) in [6, 6.07) is 12.2. The number of aliphatic imine (C=N–C) groups is 1. The van der Waals surface area contributed by atoms with Crippen LogP contribution in [0.15, 0.2) is 47.5 Å². The molecule has 0 aliphatic carbocycles. The lowest BCUT2D eigenvalue weighted by Crippen LogP contribution is -2.47. The highest BCUT2D eigenvalue weighted by Gasteiger charge is 2.26. The Labute approximate surface area is 176 Å². The standard InChI is InChI=1S/C23H27N3O4/c1-23(2,3)15-8-6-14(7-9-15)21(28)26-22-24-18(13-20(27)25-22)17-12-16(29-4)10-11-19(17)30-5/h6-12,18H,13H2,1-5H3,(H2,24,25,26,27,28)/t18-/m1/s1. The molecule has 0 bridgehead atoms. The second-order valence-corrected chi connectivity index (χ2v) is 8.14. The molecule has 158 valence electrons. The molecule has 2 aromatic rings. The van der Waals surface area contributed by atoms with Gasteiger partial charge in [0.2, 0.25) is 11.9 Å². The van der Waals surface area contributed by atoms with Crippen molar-refractivity contribution in [1.29, 1.82) is 0 Å². The Kier molecular flexibility index (Phi) is 6.10. The number of hydrogen-bond donors (Lipinski definition) is 2. The quantitative estimate of drug-likeness (QED) is 0.811. The number of benzene rings is 2. The van der Waals surface area contributed by atoms with E-state index < -0.39 is 6.04 Å². The second kappa shape index (κ2) is 8.57. The van der Waals surface area contributed by atoms with E-state index in [4.69, 9.17) is 9.47 Å². The number of hydrogen-bond acceptors (Lipinski definition) is 5. The summed E-state index contributed by atoms with van der Waals surface area (Å²) in [6.45, 7) is 6.34. The van der Waals surface area contributed by atoms with E-state index in [0.29, 0.717) is 22.6 Å². The molecule has 0 radical (unpaired) electrons. The van der Waals surface area contributed by atoms with E-state index in [1.165, 1.54) is 0 Å². The fourth-order valence-electron chi connectivity index (χ4n) is 3.24. The van der Waals surface area contributed by atoms with E-state index in [-0.39, 0.29) is 29.6 Å². The zero-order chi connectivity index (χ0) is 21.9. The number of methoxy groups -OCH3 is 2. The number of guanidine groups is 1. The van der Waals surface area contributed by atoms with E-state index in [2.05, 4.69) is 36.4 Å². The number of ether oxygens (including phenoxy) is 2. The van der Waals surface area contributed by atoms with Crippen molar-refractivity contribution in [3.63, 3.8) is 0 Å². The molecule has 0 saturated carbocycles. The molecule has 3 rings (SSSR count). The molecule has 2 amide bonds. The summed E-state index contributed by atoms with van der Waals surface area (Å²) < 4.78 is 10.7. The molecule has 0 unspecified atom stereocenters. The number of amides is 2. The topological polar surface area (TPSA) is 89.0 Å². The molecule has 30 heavy (non-hydrogen) atoms. The minimum absolute atomic E-state index is 0.000544. The van der Waals surface area contributed by atoms with Gasteiger partial charge in [-0.15, -0.1) is 0 Å². The van der Waals surface area contributed by atoms with Gasteiger partial charge in [-0.2, -0.15) is 0 Å². The Morgan fingerprint density at radius 2 is 1.80 bits per heavy atom. The third-order valence-electron chi connectivity index (χ3n) is 4.96. The van der Waals surface area contributed by atoms with Crippen molar-refractivity contribution in [2.24, 2.45) is 4.99 Å². The van der Waals surface area contributed by atoms with Crippen molar-refractivity contribution >= 4 is 17.8 Å². The normalized spacial score (nSPS) is 16.4. The molecule has 1 atom stereocenters. The van der Waals surface area contributed by atoms with E-state index in [9.17, 15) is 9.59 Å². The minimum Gasteiger partial charge on any atom is -0.497 e. The smallest absolute Gasteiger partial charge is 0.257 e. The van der Waals surface area contributed by atoms with E-state index in [1.54, 1.807) is 44.6 Å². The van der Waals surface area contributed by atoms with Crippen LogP contribution >= 0.6 is 0 Å². The number of carbonyl (C=O) groups excluding carboxylic acids is 2. The van der Waals surface area contributed by atoms with Crippen LogP contribution in [-0.2, 0) is 10.2 Å². The maximum Gasteiger partial charge on any atom is 0.257 e. The van der Waals surface area contributed by atoms with E-state index in [0.717, 1.165) is 5.56 Å². The zero-order valence-electron chi connectivity index (χ0n) is 17.9. The fraction of sp³-hybridized carbons (Fsp3) is 0.348. The maximum absolute atomic E-state index is 12.7. The summed E-state index contributed by atoms with van der Waals surface area (Å²) in [4.78, 5) is 29.5. The van der Waals surface area contributed by atoms with Crippen molar-refractivity contribution < 1.29 is 19.1 Å². The molecule has 0 spiro atoms. The molecule has 1 aliphatic rings. The molecule has 0 aromatic heterocycles. The van der Waals surface area contributed by atoms with Crippen molar-refractivity contribution in [1.82, 2.24) is 10.6 Å². The van der Waals surface area contributed by atoms with Crippen LogP contribution in [0.2, 0.25) is 0 Å². The van der Waals surface area contributed by atoms with Gasteiger partial charge in [-0.05, 0) is 41.3 Å². The van der Waals surface area contributed by atoms with Crippen LogP contribution in [0.3, 0.4) is 0 Å². The molecule has 7 nitrogen and oxygen atoms in total. The SMILES string of the molecule is COc1ccc(OC)c([C@H]2CC(=O)NC(NC(=O)c3ccc(C(C)(C)C)cc3)=N2)c1. The number of nitrogens with zero attached hydrogens (tertiary/aromatic N) is 1. The van der Waals surface area contributed by atoms with Gasteiger partial charge in [0.1, 0.15) is 11.5 Å². The predicted molar refractivity (Wildman–Crippen MR) is 115 cm³/mol. The second-order valence-electron chi connectivity index (χ2n) is 8.14. The van der Waals surface area contributed by atoms with Crippen molar-refractivity contribution in [2.45, 2.75) is 38.6 Å². The molecular weight excluding hydrogens is 382 g/mol. The van der Waals surface area contributed by atoms with Crippen molar-refractivity contribution in [3.8, 4) is 11.5 Å². The Morgan fingerprint density at radius 3 is 2.40 bits per heavy atom. The summed E-state index contributed by atoms with van der Waals surface area (Å²) in [5.74, 6) is 0.774. The van der Waals surface area contributed by atoms with Crippen LogP contribution in [0.25, 0.3) is 0 Å². The van der Waals surface area contributed by atoms with Crippen LogP contribution in [-0.4, -0.2) is 32.0 Å². The van der Waals surface area contributed by atoms with Gasteiger partial charge in [0, 0.05) is 11.1 Å². The Hall–Kier alpha value is -3.35. The minimum atomic E-state index is -0.498. The Bertz CT molecular complexity index is 975. The zero-order valence-corrected chi connectivity index (χ0v) is 17.9. The van der Waals surface area contributed by atoms with Crippen molar-refractivity contribution in [3.05, 3.63) is 59.2 Å². The summed E-state index contributed by atoms with van der Waals surface area (Å²) in [6.07, 6.45) is 0.142. The molecule has 2 aromatic carbocycles. The number of rotatable bonds is 4. The molecule has 0 fully saturated rings. The average Bonchev–Trinajstić information content (AvgIpc) is 2.72. The fourth-order valence-corrected chi connectivity index (χ4v) is 3.24. The Morgan fingerprint density at radius 1 is 1.10 bits per heavy atom. The Balaban J connectivity index is 1.83. The first-order valence-corrected chi connectivity index (χ1v) is 9.72. The van der Waals surface area contributed by atoms with Crippen LogP contribution < -0.4 is 20.1 Å². The number of nitrogens with one attached hydrogen (secondary N) is 2. The third kappa shape index (κ3) is 4.79. The molecule has 7 heteroatoms. The first-order valence-electron chi connectivity index (χ1n) is 9.72. The van der Waals surface area contributed by atoms with Gasteiger partial charge in [0.15, 0.2) is 0 Å². The molecule has 0 saturated heterocycles. The molecular formula is C23H27N3O4. The first kappa shape index (κ1) is 21.4. The van der Waals surface area contributed by atoms with Gasteiger partial charge in [-0.3, -0.25) is 20.2 Å². The predicted octanol–water partition coefficient (Wildman–Crippen LogP) is 3.35. The molecule has 1 aliphatic heterocycles. The largest absolute Gasteiger partial charge is 0.497 e. The lowest BCUT2D eigenvalue weighted by molar-refractivity contribution is -0.120. The van der Waals surface area contributed by atoms with Crippen molar-refractivity contribution in [2.75, 3.05) is 14.2 Å². The summed E-state index contributed by atoms with van der Waals surface area (Å²) in [5.41, 5.74) is 2.33. The summed E-state index contributed by atoms with van der Waals surface area (Å²) >= 11 is 0. The van der Waals surface area contributed by atoms with E-state index >= 15 is 0 Å². The summed E-state index contributed by atoms with van der Waals surface area (Å²) in [5, 5.41) is 5.32.